The van der Waals surface area contributed by atoms with E-state index in [4.69, 9.17) is 4.74 Å². The third kappa shape index (κ3) is 2.83. The third-order valence-corrected chi connectivity index (χ3v) is 2.87. The third-order valence-electron chi connectivity index (χ3n) is 2.87. The molecule has 0 amide bonds. The molecule has 1 N–H and O–H groups in total. The van der Waals surface area contributed by atoms with Gasteiger partial charge in [-0.2, -0.15) is 0 Å². The van der Waals surface area contributed by atoms with E-state index in [2.05, 4.69) is 5.32 Å². The first kappa shape index (κ1) is 11.1. The van der Waals surface area contributed by atoms with Crippen LogP contribution in [0.4, 0.5) is 0 Å². The number of carbonyl (C=O) groups is 1. The summed E-state index contributed by atoms with van der Waals surface area (Å²) in [5.74, 6) is 0.592. The standard InChI is InChI=1S/C13H17NO2/c1-16-13(15)12-5-3-2-4-11(12)9-14-8-10-6-7-10/h2-5,10,14H,6-9H2,1H3. The molecule has 0 aromatic heterocycles. The minimum absolute atomic E-state index is 0.260. The van der Waals surface area contributed by atoms with E-state index in [0.717, 1.165) is 24.6 Å². The van der Waals surface area contributed by atoms with E-state index in [0.29, 0.717) is 5.56 Å². The summed E-state index contributed by atoms with van der Waals surface area (Å²) >= 11 is 0. The second-order valence-electron chi connectivity index (χ2n) is 4.22. The van der Waals surface area contributed by atoms with Crippen LogP contribution in [0.1, 0.15) is 28.8 Å². The van der Waals surface area contributed by atoms with Crippen LogP contribution in [0.5, 0.6) is 0 Å². The Bertz CT molecular complexity index is 372. The first-order valence-corrected chi connectivity index (χ1v) is 5.68. The van der Waals surface area contributed by atoms with Crippen LogP contribution in [0.2, 0.25) is 0 Å². The molecule has 1 aliphatic carbocycles. The number of hydrogen-bond acceptors (Lipinski definition) is 3. The summed E-state index contributed by atoms with van der Waals surface area (Å²) in [6, 6.07) is 7.57. The molecule has 0 radical (unpaired) electrons. The number of rotatable bonds is 5. The quantitative estimate of drug-likeness (QED) is 0.769. The van der Waals surface area contributed by atoms with E-state index in [1.54, 1.807) is 6.07 Å². The Hall–Kier alpha value is -1.35. The smallest absolute Gasteiger partial charge is 0.338 e. The summed E-state index contributed by atoms with van der Waals surface area (Å²) in [7, 11) is 1.41. The van der Waals surface area contributed by atoms with Gasteiger partial charge in [0.25, 0.3) is 0 Å². The molecule has 0 unspecified atom stereocenters. The zero-order valence-electron chi connectivity index (χ0n) is 9.53. The van der Waals surface area contributed by atoms with Gasteiger partial charge in [0.2, 0.25) is 0 Å². The summed E-state index contributed by atoms with van der Waals surface area (Å²) < 4.78 is 4.75. The van der Waals surface area contributed by atoms with Crippen molar-refractivity contribution < 1.29 is 9.53 Å². The highest BCUT2D eigenvalue weighted by molar-refractivity contribution is 5.90. The van der Waals surface area contributed by atoms with Crippen LogP contribution in [-0.2, 0) is 11.3 Å². The maximum absolute atomic E-state index is 11.5. The SMILES string of the molecule is COC(=O)c1ccccc1CNCC1CC1. The maximum Gasteiger partial charge on any atom is 0.338 e. The fraction of sp³-hybridized carbons (Fsp3) is 0.462. The van der Waals surface area contributed by atoms with Crippen molar-refractivity contribution in [2.24, 2.45) is 5.92 Å². The van der Waals surface area contributed by atoms with E-state index in [-0.39, 0.29) is 5.97 Å². The summed E-state index contributed by atoms with van der Waals surface area (Å²) in [6.07, 6.45) is 2.68. The molecular weight excluding hydrogens is 202 g/mol. The number of hydrogen-bond donors (Lipinski definition) is 1. The van der Waals surface area contributed by atoms with Crippen molar-refractivity contribution in [2.75, 3.05) is 13.7 Å². The van der Waals surface area contributed by atoms with Crippen molar-refractivity contribution in [3.63, 3.8) is 0 Å². The van der Waals surface area contributed by atoms with Crippen LogP contribution in [-0.4, -0.2) is 19.6 Å². The Morgan fingerprint density at radius 3 is 2.88 bits per heavy atom. The molecule has 1 aromatic rings. The molecule has 1 saturated carbocycles. The van der Waals surface area contributed by atoms with Gasteiger partial charge in [0.05, 0.1) is 12.7 Å². The number of esters is 1. The lowest BCUT2D eigenvalue weighted by Gasteiger charge is -2.08. The first-order chi connectivity index (χ1) is 7.81. The second-order valence-corrected chi connectivity index (χ2v) is 4.22. The largest absolute Gasteiger partial charge is 0.465 e. The Morgan fingerprint density at radius 2 is 2.19 bits per heavy atom. The molecule has 2 rings (SSSR count). The van der Waals surface area contributed by atoms with E-state index in [1.165, 1.54) is 20.0 Å². The highest BCUT2D eigenvalue weighted by Crippen LogP contribution is 2.27. The number of ether oxygens (including phenoxy) is 1. The van der Waals surface area contributed by atoms with Crippen molar-refractivity contribution in [3.05, 3.63) is 35.4 Å². The predicted molar refractivity (Wildman–Crippen MR) is 62.2 cm³/mol. The summed E-state index contributed by atoms with van der Waals surface area (Å²) in [5.41, 5.74) is 1.67. The average molecular weight is 219 g/mol. The summed E-state index contributed by atoms with van der Waals surface area (Å²) in [6.45, 7) is 1.79. The zero-order chi connectivity index (χ0) is 11.4. The van der Waals surface area contributed by atoms with Gasteiger partial charge < -0.3 is 10.1 Å². The average Bonchev–Trinajstić information content (AvgIpc) is 3.13. The molecule has 1 fully saturated rings. The van der Waals surface area contributed by atoms with Gasteiger partial charge in [-0.1, -0.05) is 18.2 Å². The van der Waals surface area contributed by atoms with Crippen LogP contribution in [0, 0.1) is 5.92 Å². The molecule has 0 atom stereocenters. The Kier molecular flexibility index (Phi) is 3.57. The van der Waals surface area contributed by atoms with Crippen LogP contribution in [0.15, 0.2) is 24.3 Å². The minimum Gasteiger partial charge on any atom is -0.465 e. The lowest BCUT2D eigenvalue weighted by Crippen LogP contribution is -2.18. The summed E-state index contributed by atoms with van der Waals surface area (Å²) in [5, 5.41) is 3.38. The fourth-order valence-corrected chi connectivity index (χ4v) is 1.72. The van der Waals surface area contributed by atoms with Crippen LogP contribution in [0.25, 0.3) is 0 Å². The van der Waals surface area contributed by atoms with Crippen LogP contribution in [0.3, 0.4) is 0 Å². The lowest BCUT2D eigenvalue weighted by atomic mass is 10.1. The molecule has 1 aliphatic rings. The number of benzene rings is 1. The van der Waals surface area contributed by atoms with Crippen molar-refractivity contribution >= 4 is 5.97 Å². The van der Waals surface area contributed by atoms with Crippen molar-refractivity contribution in [2.45, 2.75) is 19.4 Å². The molecule has 86 valence electrons. The number of nitrogens with one attached hydrogen (secondary N) is 1. The van der Waals surface area contributed by atoms with Gasteiger partial charge in [-0.25, -0.2) is 4.79 Å². The molecule has 0 spiro atoms. The van der Waals surface area contributed by atoms with E-state index in [1.807, 2.05) is 18.2 Å². The van der Waals surface area contributed by atoms with Gasteiger partial charge in [-0.05, 0) is 36.9 Å². The van der Waals surface area contributed by atoms with Crippen LogP contribution >= 0.6 is 0 Å². The van der Waals surface area contributed by atoms with Gasteiger partial charge >= 0.3 is 5.97 Å². The Balaban J connectivity index is 1.97. The van der Waals surface area contributed by atoms with Crippen LogP contribution < -0.4 is 5.32 Å². The number of carbonyl (C=O) groups excluding carboxylic acids is 1. The normalized spacial score (nSPS) is 14.8. The van der Waals surface area contributed by atoms with E-state index >= 15 is 0 Å². The molecule has 0 heterocycles. The Morgan fingerprint density at radius 1 is 1.44 bits per heavy atom. The number of methoxy groups -OCH3 is 1. The maximum atomic E-state index is 11.5. The molecule has 16 heavy (non-hydrogen) atoms. The molecule has 3 nitrogen and oxygen atoms in total. The van der Waals surface area contributed by atoms with Gasteiger partial charge in [0.1, 0.15) is 0 Å². The highest BCUT2D eigenvalue weighted by Gasteiger charge is 2.20. The monoisotopic (exact) mass is 219 g/mol. The molecular formula is C13H17NO2. The molecule has 1 aromatic carbocycles. The topological polar surface area (TPSA) is 38.3 Å². The van der Waals surface area contributed by atoms with Gasteiger partial charge in [0, 0.05) is 6.54 Å². The van der Waals surface area contributed by atoms with E-state index in [9.17, 15) is 4.79 Å². The second kappa shape index (κ2) is 5.12. The summed E-state index contributed by atoms with van der Waals surface area (Å²) in [4.78, 5) is 11.5. The highest BCUT2D eigenvalue weighted by atomic mass is 16.5. The lowest BCUT2D eigenvalue weighted by molar-refractivity contribution is 0.0599. The van der Waals surface area contributed by atoms with Gasteiger partial charge in [0.15, 0.2) is 0 Å². The van der Waals surface area contributed by atoms with Gasteiger partial charge in [-0.15, -0.1) is 0 Å². The molecule has 0 bridgehead atoms. The van der Waals surface area contributed by atoms with Crippen molar-refractivity contribution in [1.82, 2.24) is 5.32 Å². The van der Waals surface area contributed by atoms with E-state index < -0.39 is 0 Å². The van der Waals surface area contributed by atoms with Crippen molar-refractivity contribution in [3.8, 4) is 0 Å². The molecule has 3 heteroatoms. The molecule has 0 saturated heterocycles. The fourth-order valence-electron chi connectivity index (χ4n) is 1.72. The zero-order valence-corrected chi connectivity index (χ0v) is 9.53. The van der Waals surface area contributed by atoms with Gasteiger partial charge in [-0.3, -0.25) is 0 Å². The Labute approximate surface area is 95.8 Å². The minimum atomic E-state index is -0.260. The predicted octanol–water partition coefficient (Wildman–Crippen LogP) is 1.97. The first-order valence-electron chi connectivity index (χ1n) is 5.68. The molecule has 0 aliphatic heterocycles. The van der Waals surface area contributed by atoms with Crippen molar-refractivity contribution in [1.29, 1.82) is 0 Å².